The fourth-order valence-corrected chi connectivity index (χ4v) is 9.89. The van der Waals surface area contributed by atoms with Gasteiger partial charge in [0.1, 0.15) is 0 Å². The fraction of sp³-hybridized carbons (Fsp3) is 0.212. The highest BCUT2D eigenvalue weighted by Gasteiger charge is 2.41. The Bertz CT molecular complexity index is 2580. The van der Waals surface area contributed by atoms with Gasteiger partial charge in [0.15, 0.2) is 6.23 Å². The number of nitrogens with zero attached hydrogens (tertiary/aromatic N) is 5. The lowest BCUT2D eigenvalue weighted by atomic mass is 9.86. The lowest BCUT2D eigenvalue weighted by Gasteiger charge is -2.43. The first-order valence-corrected chi connectivity index (χ1v) is 21.0. The van der Waals surface area contributed by atoms with Crippen molar-refractivity contribution in [2.24, 2.45) is 0 Å². The molecule has 1 atom stereocenters. The van der Waals surface area contributed by atoms with E-state index in [1.807, 2.05) is 6.07 Å². The number of aliphatic hydroxyl groups excluding tert-OH is 1. The molecule has 0 radical (unpaired) electrons. The van der Waals surface area contributed by atoms with Gasteiger partial charge in [0.05, 0.1) is 62.6 Å². The van der Waals surface area contributed by atoms with Gasteiger partial charge in [-0.1, -0.05) is 100 Å². The highest BCUT2D eigenvalue weighted by molar-refractivity contribution is 6.24. The maximum atomic E-state index is 15.4. The summed E-state index contributed by atoms with van der Waals surface area (Å²) < 4.78 is 0. The number of amides is 1. The van der Waals surface area contributed by atoms with E-state index in [0.717, 1.165) is 97.6 Å². The monoisotopic (exact) mass is 775 g/mol. The molecule has 7 aromatic rings. The number of rotatable bonds is 7. The fourth-order valence-electron chi connectivity index (χ4n) is 9.89. The Balaban J connectivity index is 1.31. The first-order chi connectivity index (χ1) is 28.7. The summed E-state index contributed by atoms with van der Waals surface area (Å²) in [5.74, 6) is 0.0688. The number of anilines is 11. The summed E-state index contributed by atoms with van der Waals surface area (Å²) in [5.41, 5.74) is 14.7. The molecular formula is C52H49N5O2. The van der Waals surface area contributed by atoms with Crippen LogP contribution in [0.15, 0.2) is 140 Å². The van der Waals surface area contributed by atoms with Crippen LogP contribution in [-0.2, 0) is 0 Å². The summed E-state index contributed by atoms with van der Waals surface area (Å²) in [5, 5.41) is 14.5. The molecule has 0 spiro atoms. The second-order valence-electron chi connectivity index (χ2n) is 16.3. The molecule has 0 saturated heterocycles. The standard InChI is InChI=1S/C52H49N5O2/c1-7-53-38-20-9-13-24-42(38)55(43-25-14-10-21-39(43)53)46-30-28-36-48-37(52(59)57(51(36)58)50-34(32(3)4)18-17-19-35(50)33(5)6)29-31-47(49(46)48)56-44-26-15-11-22-40(44)54(8-2)41-23-12-16-27-45(41)56/h9-33,51,58H,7-8H2,1-6H3. The quantitative estimate of drug-likeness (QED) is 0.174. The zero-order valence-electron chi connectivity index (χ0n) is 34.5. The predicted octanol–water partition coefficient (Wildman–Crippen LogP) is 13.6. The van der Waals surface area contributed by atoms with Crippen molar-refractivity contribution >= 4 is 79.2 Å². The number of carbonyl (C=O) groups excluding carboxylic acids is 1. The van der Waals surface area contributed by atoms with Crippen molar-refractivity contribution in [1.82, 2.24) is 0 Å². The maximum Gasteiger partial charge on any atom is 0.261 e. The third-order valence-corrected chi connectivity index (χ3v) is 12.5. The average Bonchev–Trinajstić information content (AvgIpc) is 3.26. The van der Waals surface area contributed by atoms with Gasteiger partial charge in [0.25, 0.3) is 5.91 Å². The summed E-state index contributed by atoms with van der Waals surface area (Å²) in [6.07, 6.45) is -1.22. The van der Waals surface area contributed by atoms with Crippen LogP contribution in [0.3, 0.4) is 0 Å². The molecular weight excluding hydrogens is 727 g/mol. The van der Waals surface area contributed by atoms with Crippen LogP contribution in [0.4, 0.5) is 62.6 Å². The van der Waals surface area contributed by atoms with Gasteiger partial charge in [-0.25, -0.2) is 0 Å². The highest BCUT2D eigenvalue weighted by Crippen LogP contribution is 2.58. The van der Waals surface area contributed by atoms with Gasteiger partial charge in [-0.15, -0.1) is 0 Å². The maximum absolute atomic E-state index is 15.4. The van der Waals surface area contributed by atoms with Crippen LogP contribution in [0.5, 0.6) is 0 Å². The third-order valence-electron chi connectivity index (χ3n) is 12.5. The van der Waals surface area contributed by atoms with Crippen molar-refractivity contribution in [3.8, 4) is 0 Å². The van der Waals surface area contributed by atoms with Crippen molar-refractivity contribution in [2.75, 3.05) is 37.6 Å². The summed E-state index contributed by atoms with van der Waals surface area (Å²) in [6.45, 7) is 14.6. The lowest BCUT2D eigenvalue weighted by Crippen LogP contribution is -2.40. The molecule has 10 rings (SSSR count). The van der Waals surface area contributed by atoms with E-state index in [1.165, 1.54) is 0 Å². The largest absolute Gasteiger partial charge is 0.369 e. The van der Waals surface area contributed by atoms with Crippen LogP contribution in [0, 0.1) is 0 Å². The van der Waals surface area contributed by atoms with Crippen molar-refractivity contribution in [3.63, 3.8) is 0 Å². The second kappa shape index (κ2) is 14.1. The zero-order chi connectivity index (χ0) is 40.7. The number of carbonyl (C=O) groups is 1. The van der Waals surface area contributed by atoms with Crippen molar-refractivity contribution in [3.05, 3.63) is 162 Å². The van der Waals surface area contributed by atoms with Gasteiger partial charge >= 0.3 is 0 Å². The van der Waals surface area contributed by atoms with Gasteiger partial charge in [0, 0.05) is 35.0 Å². The molecule has 0 fully saturated rings. The molecule has 7 aromatic carbocycles. The summed E-state index contributed by atoms with van der Waals surface area (Å²) >= 11 is 0. The normalized spacial score (nSPS) is 15.5. The Labute approximate surface area is 347 Å². The number of hydrogen-bond acceptors (Lipinski definition) is 6. The van der Waals surface area contributed by atoms with Crippen LogP contribution >= 0.6 is 0 Å². The van der Waals surface area contributed by atoms with E-state index in [9.17, 15) is 5.11 Å². The molecule has 7 heteroatoms. The lowest BCUT2D eigenvalue weighted by molar-refractivity contribution is 0.0878. The molecule has 1 amide bonds. The van der Waals surface area contributed by atoms with Gasteiger partial charge in [-0.3, -0.25) is 9.69 Å². The van der Waals surface area contributed by atoms with Crippen LogP contribution in [-0.4, -0.2) is 24.1 Å². The molecule has 1 unspecified atom stereocenters. The van der Waals surface area contributed by atoms with E-state index in [-0.39, 0.29) is 17.7 Å². The zero-order valence-corrected chi connectivity index (χ0v) is 34.5. The molecule has 1 N–H and O–H groups in total. The minimum absolute atomic E-state index is 0.138. The minimum Gasteiger partial charge on any atom is -0.369 e. The van der Waals surface area contributed by atoms with E-state index in [1.54, 1.807) is 4.90 Å². The first kappa shape index (κ1) is 36.7. The number of benzene rings is 7. The first-order valence-electron chi connectivity index (χ1n) is 21.0. The number of fused-ring (bicyclic) bond motifs is 4. The number of aliphatic hydroxyl groups is 1. The summed E-state index contributed by atoms with van der Waals surface area (Å²) in [6, 6.07) is 48.9. The molecule has 0 aromatic heterocycles. The molecule has 3 heterocycles. The second-order valence-corrected chi connectivity index (χ2v) is 16.3. The average molecular weight is 776 g/mol. The number of hydrogen-bond donors (Lipinski definition) is 1. The molecule has 0 bridgehead atoms. The molecule has 0 aliphatic carbocycles. The van der Waals surface area contributed by atoms with Gasteiger partial charge in [0.2, 0.25) is 0 Å². The summed E-state index contributed by atoms with van der Waals surface area (Å²) in [7, 11) is 0. The molecule has 7 nitrogen and oxygen atoms in total. The van der Waals surface area contributed by atoms with E-state index in [2.05, 4.69) is 195 Å². The summed E-state index contributed by atoms with van der Waals surface area (Å²) in [4.78, 5) is 26.5. The Hall–Kier alpha value is -6.57. The molecule has 3 aliphatic rings. The van der Waals surface area contributed by atoms with E-state index in [0.29, 0.717) is 11.1 Å². The van der Waals surface area contributed by atoms with Crippen LogP contribution in [0.1, 0.15) is 86.7 Å². The van der Waals surface area contributed by atoms with Crippen LogP contribution < -0.4 is 24.5 Å². The van der Waals surface area contributed by atoms with Crippen molar-refractivity contribution in [2.45, 2.75) is 59.6 Å². The van der Waals surface area contributed by atoms with Gasteiger partial charge in [-0.2, -0.15) is 0 Å². The Kier molecular flexibility index (Phi) is 8.76. The third kappa shape index (κ3) is 5.34. The Morgan fingerprint density at radius 2 is 0.864 bits per heavy atom. The molecule has 59 heavy (non-hydrogen) atoms. The van der Waals surface area contributed by atoms with E-state index in [4.69, 9.17) is 0 Å². The highest BCUT2D eigenvalue weighted by atomic mass is 16.3. The molecule has 3 aliphatic heterocycles. The molecule has 0 saturated carbocycles. The minimum atomic E-state index is -1.22. The van der Waals surface area contributed by atoms with E-state index >= 15 is 4.79 Å². The smallest absolute Gasteiger partial charge is 0.261 e. The van der Waals surface area contributed by atoms with Gasteiger partial charge in [-0.05, 0) is 104 Å². The number of para-hydroxylation sites is 9. The molecule has 294 valence electrons. The van der Waals surface area contributed by atoms with Crippen molar-refractivity contribution in [1.29, 1.82) is 0 Å². The topological polar surface area (TPSA) is 53.5 Å². The SMILES string of the molecule is CCN1c2ccccc2N(c2ccc3c4c(ccc(N5c6ccccc6N(CC)c6ccccc65)c24)C(O)N(c2c(C(C)C)cccc2C(C)C)C3=O)c2ccccc21. The van der Waals surface area contributed by atoms with Crippen LogP contribution in [0.25, 0.3) is 10.8 Å². The Morgan fingerprint density at radius 3 is 1.25 bits per heavy atom. The van der Waals surface area contributed by atoms with Crippen molar-refractivity contribution < 1.29 is 9.90 Å². The Morgan fingerprint density at radius 1 is 0.475 bits per heavy atom. The predicted molar refractivity (Wildman–Crippen MR) is 245 cm³/mol. The van der Waals surface area contributed by atoms with E-state index < -0.39 is 6.23 Å². The van der Waals surface area contributed by atoms with Gasteiger partial charge < -0.3 is 24.7 Å². The van der Waals surface area contributed by atoms with Crippen LogP contribution in [0.2, 0.25) is 0 Å².